The number of nitriles is 1. The molecule has 0 fully saturated rings. The molecule has 0 saturated heterocycles. The summed E-state index contributed by atoms with van der Waals surface area (Å²) >= 11 is 0. The maximum Gasteiger partial charge on any atom is 0.269 e. The van der Waals surface area contributed by atoms with Crippen LogP contribution in [0.3, 0.4) is 0 Å². The van der Waals surface area contributed by atoms with Gasteiger partial charge in [-0.1, -0.05) is 18.2 Å². The Bertz CT molecular complexity index is 1250. The lowest BCUT2D eigenvalue weighted by Gasteiger charge is -2.17. The first-order chi connectivity index (χ1) is 13.5. The molecule has 0 N–H and O–H groups in total. The highest BCUT2D eigenvalue weighted by Gasteiger charge is 2.24. The van der Waals surface area contributed by atoms with Gasteiger partial charge < -0.3 is 4.57 Å². The minimum absolute atomic E-state index is 0.0141. The molecule has 2 aliphatic heterocycles. The molecule has 2 aromatic carbocycles. The maximum atomic E-state index is 11.8. The highest BCUT2D eigenvalue weighted by Crippen LogP contribution is 2.37. The number of rotatable bonds is 4. The molecule has 0 spiro atoms. The van der Waals surface area contributed by atoms with Gasteiger partial charge in [-0.25, -0.2) is 4.98 Å². The van der Waals surface area contributed by atoms with Crippen LogP contribution >= 0.6 is 0 Å². The number of aromatic nitrogens is 2. The molecule has 0 atom stereocenters. The van der Waals surface area contributed by atoms with Crippen molar-refractivity contribution < 1.29 is 9.72 Å². The number of nitrogens with zero attached hydrogens (tertiary/aromatic N) is 4. The zero-order chi connectivity index (χ0) is 19.8. The maximum absolute atomic E-state index is 11.8. The fourth-order valence-electron chi connectivity index (χ4n) is 3.39. The SMILES string of the molecule is CC(=O)Cc1c(C#N)cn(-c2ccc([N+](=O)[O-])cc2)c2c3ccccc3nc1-2. The molecular weight excluding hydrogens is 356 g/mol. The Morgan fingerprint density at radius 1 is 1.21 bits per heavy atom. The normalized spacial score (nSPS) is 10.9. The second kappa shape index (κ2) is 6.59. The van der Waals surface area contributed by atoms with Crippen LogP contribution in [0.25, 0.3) is 28.0 Å². The van der Waals surface area contributed by atoms with E-state index in [0.717, 1.165) is 16.6 Å². The molecule has 2 heterocycles. The number of carbonyl (C=O) groups excluding carboxylic acids is 1. The van der Waals surface area contributed by atoms with Crippen molar-refractivity contribution in [1.29, 1.82) is 5.26 Å². The average molecular weight is 370 g/mol. The van der Waals surface area contributed by atoms with Crippen molar-refractivity contribution in [2.24, 2.45) is 0 Å². The van der Waals surface area contributed by atoms with E-state index in [4.69, 9.17) is 0 Å². The van der Waals surface area contributed by atoms with Crippen molar-refractivity contribution in [3.05, 3.63) is 76.0 Å². The number of pyridine rings is 1. The molecule has 7 nitrogen and oxygen atoms in total. The molecule has 0 radical (unpaired) electrons. The predicted octanol–water partition coefficient (Wildman–Crippen LogP) is 4.04. The zero-order valence-corrected chi connectivity index (χ0v) is 14.9. The average Bonchev–Trinajstić information content (AvgIpc) is 3.08. The third kappa shape index (κ3) is 2.77. The minimum atomic E-state index is -0.458. The fourth-order valence-corrected chi connectivity index (χ4v) is 3.39. The van der Waals surface area contributed by atoms with E-state index in [1.807, 2.05) is 24.3 Å². The standard InChI is InChI=1S/C21H14N4O3/c1-13(26)10-18-14(11-22)12-24(15-6-8-16(9-7-15)25(27)28)21-17-4-2-3-5-19(17)23-20(18)21/h2-9,12H,10H2,1H3. The van der Waals surface area contributed by atoms with Gasteiger partial charge >= 0.3 is 0 Å². The van der Waals surface area contributed by atoms with Crippen LogP contribution < -0.4 is 0 Å². The van der Waals surface area contributed by atoms with E-state index in [1.165, 1.54) is 19.1 Å². The molecule has 0 unspecified atom stereocenters. The van der Waals surface area contributed by atoms with E-state index in [0.29, 0.717) is 22.5 Å². The molecule has 0 aliphatic carbocycles. The molecule has 4 rings (SSSR count). The zero-order valence-electron chi connectivity index (χ0n) is 14.9. The Labute approximate surface area is 160 Å². The molecule has 2 aliphatic rings. The summed E-state index contributed by atoms with van der Waals surface area (Å²) in [6, 6.07) is 15.8. The number of non-ortho nitro benzene ring substituents is 1. The van der Waals surface area contributed by atoms with Gasteiger partial charge in [0.2, 0.25) is 0 Å². The summed E-state index contributed by atoms with van der Waals surface area (Å²) in [5.41, 5.74) is 3.71. The van der Waals surface area contributed by atoms with Gasteiger partial charge in [0.25, 0.3) is 5.69 Å². The first kappa shape index (κ1) is 17.4. The van der Waals surface area contributed by atoms with Gasteiger partial charge in [-0.15, -0.1) is 0 Å². The lowest BCUT2D eigenvalue weighted by molar-refractivity contribution is -0.384. The number of carbonyl (C=O) groups is 1. The van der Waals surface area contributed by atoms with E-state index in [2.05, 4.69) is 11.1 Å². The molecule has 0 bridgehead atoms. The third-order valence-electron chi connectivity index (χ3n) is 4.61. The second-order valence-corrected chi connectivity index (χ2v) is 6.48. The van der Waals surface area contributed by atoms with Crippen LogP contribution in [0.2, 0.25) is 0 Å². The van der Waals surface area contributed by atoms with Crippen LogP contribution in [-0.2, 0) is 11.2 Å². The first-order valence-electron chi connectivity index (χ1n) is 8.56. The fraction of sp³-hybridized carbons (Fsp3) is 0.0952. The minimum Gasteiger partial charge on any atom is -0.313 e. The summed E-state index contributed by atoms with van der Waals surface area (Å²) in [6.07, 6.45) is 1.78. The van der Waals surface area contributed by atoms with Gasteiger partial charge in [-0.2, -0.15) is 5.26 Å². The monoisotopic (exact) mass is 370 g/mol. The highest BCUT2D eigenvalue weighted by molar-refractivity contribution is 5.98. The number of para-hydroxylation sites is 1. The van der Waals surface area contributed by atoms with Crippen LogP contribution in [0.15, 0.2) is 54.7 Å². The number of Topliss-reactive ketones (excluding diaryl/α,β-unsaturated/α-hetero) is 1. The molecule has 28 heavy (non-hydrogen) atoms. The van der Waals surface area contributed by atoms with Gasteiger partial charge in [-0.05, 0) is 25.1 Å². The molecule has 136 valence electrons. The number of fused-ring (bicyclic) bond motifs is 3. The van der Waals surface area contributed by atoms with Crippen LogP contribution in [0, 0.1) is 21.4 Å². The summed E-state index contributed by atoms with van der Waals surface area (Å²) < 4.78 is 1.80. The van der Waals surface area contributed by atoms with Gasteiger partial charge in [0.15, 0.2) is 0 Å². The van der Waals surface area contributed by atoms with E-state index in [-0.39, 0.29) is 17.9 Å². The Morgan fingerprint density at radius 3 is 2.57 bits per heavy atom. The van der Waals surface area contributed by atoms with Crippen LogP contribution in [0.1, 0.15) is 18.1 Å². The number of benzene rings is 2. The molecule has 7 heteroatoms. The lowest BCUT2D eigenvalue weighted by atomic mass is 9.99. The van der Waals surface area contributed by atoms with Gasteiger partial charge in [0.1, 0.15) is 11.9 Å². The molecule has 0 aromatic heterocycles. The summed E-state index contributed by atoms with van der Waals surface area (Å²) in [4.78, 5) is 27.0. The van der Waals surface area contributed by atoms with Crippen LogP contribution in [0.5, 0.6) is 0 Å². The first-order valence-corrected chi connectivity index (χ1v) is 8.56. The number of hydrogen-bond donors (Lipinski definition) is 0. The van der Waals surface area contributed by atoms with Gasteiger partial charge in [-0.3, -0.25) is 14.9 Å². The van der Waals surface area contributed by atoms with Crippen molar-refractivity contribution in [2.45, 2.75) is 13.3 Å². The van der Waals surface area contributed by atoms with Gasteiger partial charge in [0, 0.05) is 41.4 Å². The topological polar surface area (TPSA) is 102 Å². The summed E-state index contributed by atoms with van der Waals surface area (Å²) in [6.45, 7) is 1.48. The number of hydrogen-bond acceptors (Lipinski definition) is 5. The predicted molar refractivity (Wildman–Crippen MR) is 103 cm³/mol. The summed E-state index contributed by atoms with van der Waals surface area (Å²) in [5, 5.41) is 21.5. The van der Waals surface area contributed by atoms with E-state index < -0.39 is 4.92 Å². The molecule has 2 aromatic rings. The number of nitro benzene ring substituents is 1. The Morgan fingerprint density at radius 2 is 1.93 bits per heavy atom. The quantitative estimate of drug-likeness (QED) is 0.398. The van der Waals surface area contributed by atoms with Crippen molar-refractivity contribution in [3.63, 3.8) is 0 Å². The lowest BCUT2D eigenvalue weighted by Crippen LogP contribution is -2.09. The second-order valence-electron chi connectivity index (χ2n) is 6.48. The van der Waals surface area contributed by atoms with Crippen molar-refractivity contribution in [2.75, 3.05) is 0 Å². The Hall–Kier alpha value is -4.05. The van der Waals surface area contributed by atoms with Gasteiger partial charge in [0.05, 0.1) is 27.4 Å². The van der Waals surface area contributed by atoms with Crippen LogP contribution in [-0.4, -0.2) is 20.3 Å². The third-order valence-corrected chi connectivity index (χ3v) is 4.61. The Balaban J connectivity index is 2.07. The van der Waals surface area contributed by atoms with E-state index >= 15 is 0 Å². The molecule has 0 saturated carbocycles. The summed E-state index contributed by atoms with van der Waals surface area (Å²) in [5.74, 6) is -0.0575. The number of ketones is 1. The summed E-state index contributed by atoms with van der Waals surface area (Å²) in [7, 11) is 0. The smallest absolute Gasteiger partial charge is 0.269 e. The highest BCUT2D eigenvalue weighted by atomic mass is 16.6. The Kier molecular flexibility index (Phi) is 4.09. The number of nitro groups is 1. The van der Waals surface area contributed by atoms with E-state index in [9.17, 15) is 20.2 Å². The molecule has 0 amide bonds. The van der Waals surface area contributed by atoms with Crippen molar-refractivity contribution >= 4 is 22.4 Å². The van der Waals surface area contributed by atoms with Crippen molar-refractivity contribution in [3.8, 4) is 23.1 Å². The molecular formula is C21H14N4O3. The van der Waals surface area contributed by atoms with Crippen molar-refractivity contribution in [1.82, 2.24) is 9.55 Å². The largest absolute Gasteiger partial charge is 0.313 e. The van der Waals surface area contributed by atoms with E-state index in [1.54, 1.807) is 22.9 Å². The van der Waals surface area contributed by atoms with Crippen LogP contribution in [0.4, 0.5) is 5.69 Å².